The minimum atomic E-state index is 1.01. The van der Waals surface area contributed by atoms with Gasteiger partial charge in [0.25, 0.3) is 0 Å². The van der Waals surface area contributed by atoms with Gasteiger partial charge in [-0.2, -0.15) is 0 Å². The first kappa shape index (κ1) is 4.79. The van der Waals surface area contributed by atoms with E-state index in [1.165, 1.54) is 5.35 Å². The van der Waals surface area contributed by atoms with Crippen LogP contribution in [0.2, 0.25) is 0 Å². The summed E-state index contributed by atoms with van der Waals surface area (Å²) >= 11 is 0. The maximum Gasteiger partial charge on any atom is 0.104 e. The van der Waals surface area contributed by atoms with Crippen molar-refractivity contribution in [3.8, 4) is 0 Å². The fourth-order valence-corrected chi connectivity index (χ4v) is 1.13. The Labute approximate surface area is 52.9 Å². The van der Waals surface area contributed by atoms with Crippen molar-refractivity contribution in [1.82, 2.24) is 9.97 Å². The Bertz CT molecular complexity index is 301. The molecule has 0 spiro atoms. The molecule has 0 amide bonds. The van der Waals surface area contributed by atoms with Crippen LogP contribution in [0.15, 0.2) is 0 Å². The Morgan fingerprint density at radius 3 is 3.22 bits per heavy atom. The normalized spacial score (nSPS) is 14.3. The van der Waals surface area contributed by atoms with Crippen molar-refractivity contribution in [3.63, 3.8) is 0 Å². The summed E-state index contributed by atoms with van der Waals surface area (Å²) in [5, 5.41) is 2.31. The lowest BCUT2D eigenvalue weighted by molar-refractivity contribution is 1.13. The molecule has 0 aromatic carbocycles. The third kappa shape index (κ3) is 0.593. The highest BCUT2D eigenvalue weighted by atomic mass is 14.9. The molecule has 0 aliphatic heterocycles. The monoisotopic (exact) mass is 120 g/mol. The molecule has 0 fully saturated rings. The highest BCUT2D eigenvalue weighted by Crippen LogP contribution is 1.86. The van der Waals surface area contributed by atoms with Gasteiger partial charge in [0, 0.05) is 0 Å². The maximum absolute atomic E-state index is 4.25. The van der Waals surface area contributed by atoms with Gasteiger partial charge in [-0.05, 0) is 13.3 Å². The first-order valence-corrected chi connectivity index (χ1v) is 3.09. The number of hydrogen-bond acceptors (Lipinski definition) is 1. The van der Waals surface area contributed by atoms with Crippen molar-refractivity contribution >= 4 is 12.2 Å². The fraction of sp³-hybridized carbons (Fsp3) is 0.286. The molecule has 46 valence electrons. The molecule has 1 aromatic heterocycles. The quantitative estimate of drug-likeness (QED) is 0.499. The van der Waals surface area contributed by atoms with E-state index in [-0.39, 0.29) is 0 Å². The summed E-state index contributed by atoms with van der Waals surface area (Å²) < 4.78 is 0. The van der Waals surface area contributed by atoms with E-state index >= 15 is 0 Å². The van der Waals surface area contributed by atoms with Crippen LogP contribution in [-0.2, 0) is 0 Å². The second-order valence-electron chi connectivity index (χ2n) is 2.27. The Kier molecular flexibility index (Phi) is 0.781. The smallest absolute Gasteiger partial charge is 0.104 e. The first-order chi connectivity index (χ1) is 4.36. The molecule has 2 nitrogen and oxygen atoms in total. The molecule has 0 bridgehead atoms. The third-order valence-electron chi connectivity index (χ3n) is 1.51. The lowest BCUT2D eigenvalue weighted by atomic mass is 10.5. The third-order valence-corrected chi connectivity index (χ3v) is 1.51. The number of rotatable bonds is 0. The summed E-state index contributed by atoms with van der Waals surface area (Å²) in [5.41, 5.74) is 0. The van der Waals surface area contributed by atoms with Crippen LogP contribution >= 0.6 is 0 Å². The van der Waals surface area contributed by atoms with Crippen LogP contribution in [0.5, 0.6) is 0 Å². The van der Waals surface area contributed by atoms with Crippen LogP contribution in [0.4, 0.5) is 0 Å². The molecule has 1 heterocycles. The Hall–Kier alpha value is -1.05. The maximum atomic E-state index is 4.25. The molecule has 0 radical (unpaired) electrons. The van der Waals surface area contributed by atoms with Gasteiger partial charge >= 0.3 is 0 Å². The number of nitrogens with one attached hydrogen (secondary N) is 1. The number of hydrogen-bond donors (Lipinski definition) is 1. The van der Waals surface area contributed by atoms with Crippen LogP contribution in [0.25, 0.3) is 12.2 Å². The van der Waals surface area contributed by atoms with E-state index in [1.54, 1.807) is 0 Å². The molecule has 2 rings (SSSR count). The zero-order valence-electron chi connectivity index (χ0n) is 5.31. The van der Waals surface area contributed by atoms with Gasteiger partial charge in [0.1, 0.15) is 5.82 Å². The van der Waals surface area contributed by atoms with Gasteiger partial charge in [-0.25, -0.2) is 4.98 Å². The number of imidazole rings is 1. The van der Waals surface area contributed by atoms with E-state index in [1.807, 2.05) is 6.92 Å². The summed E-state index contributed by atoms with van der Waals surface area (Å²) in [6.45, 7) is 1.97. The van der Waals surface area contributed by atoms with Gasteiger partial charge in [0.05, 0.1) is 10.7 Å². The molecule has 0 atom stereocenters. The van der Waals surface area contributed by atoms with Gasteiger partial charge in [0.15, 0.2) is 0 Å². The number of aromatic amines is 1. The van der Waals surface area contributed by atoms with Gasteiger partial charge in [-0.1, -0.05) is 12.2 Å². The van der Waals surface area contributed by atoms with Crippen molar-refractivity contribution in [2.75, 3.05) is 0 Å². The second-order valence-corrected chi connectivity index (χ2v) is 2.27. The standard InChI is InChI=1S/C7H8N2/c1-5-8-6-3-2-4-7(6)9-5/h3-4H,2H2,1H3,(H,8,9). The average molecular weight is 120 g/mol. The summed E-state index contributed by atoms with van der Waals surface area (Å²) in [7, 11) is 0. The van der Waals surface area contributed by atoms with E-state index in [0.717, 1.165) is 17.6 Å². The van der Waals surface area contributed by atoms with Crippen molar-refractivity contribution in [2.24, 2.45) is 0 Å². The zero-order valence-corrected chi connectivity index (χ0v) is 5.31. The van der Waals surface area contributed by atoms with Gasteiger partial charge in [0.2, 0.25) is 0 Å². The van der Waals surface area contributed by atoms with Crippen LogP contribution in [0.3, 0.4) is 0 Å². The summed E-state index contributed by atoms with van der Waals surface area (Å²) in [4.78, 5) is 7.41. The predicted molar refractivity (Wildman–Crippen MR) is 36.1 cm³/mol. The molecule has 9 heavy (non-hydrogen) atoms. The molecular formula is C7H8N2. The van der Waals surface area contributed by atoms with E-state index in [4.69, 9.17) is 0 Å². The molecule has 1 N–H and O–H groups in total. The molecule has 2 heteroatoms. The van der Waals surface area contributed by atoms with Gasteiger partial charge in [-0.3, -0.25) is 0 Å². The molecule has 1 aliphatic carbocycles. The molecule has 0 saturated carbocycles. The lowest BCUT2D eigenvalue weighted by Gasteiger charge is -1.74. The molecule has 1 aliphatic rings. The van der Waals surface area contributed by atoms with Crippen molar-refractivity contribution < 1.29 is 0 Å². The zero-order chi connectivity index (χ0) is 6.27. The topological polar surface area (TPSA) is 28.7 Å². The summed E-state index contributed by atoms with van der Waals surface area (Å²) in [5.74, 6) is 1.01. The van der Waals surface area contributed by atoms with Crippen molar-refractivity contribution in [1.29, 1.82) is 0 Å². The number of nitrogens with zero attached hydrogens (tertiary/aromatic N) is 1. The molecule has 1 aromatic rings. The van der Waals surface area contributed by atoms with E-state index < -0.39 is 0 Å². The number of aromatic nitrogens is 2. The van der Waals surface area contributed by atoms with Crippen LogP contribution in [0.1, 0.15) is 12.2 Å². The second kappa shape index (κ2) is 1.47. The number of H-pyrrole nitrogens is 1. The summed E-state index contributed by atoms with van der Waals surface area (Å²) in [6.07, 6.45) is 5.31. The number of fused-ring (bicyclic) bond motifs is 1. The average Bonchev–Trinajstić information content (AvgIpc) is 2.22. The van der Waals surface area contributed by atoms with Crippen LogP contribution in [-0.4, -0.2) is 9.97 Å². The summed E-state index contributed by atoms with van der Waals surface area (Å²) in [6, 6.07) is 0. The van der Waals surface area contributed by atoms with Gasteiger partial charge < -0.3 is 4.98 Å². The van der Waals surface area contributed by atoms with Crippen LogP contribution < -0.4 is 10.7 Å². The van der Waals surface area contributed by atoms with E-state index in [2.05, 4.69) is 22.1 Å². The van der Waals surface area contributed by atoms with E-state index in [0.29, 0.717) is 0 Å². The Morgan fingerprint density at radius 2 is 2.44 bits per heavy atom. The molecular weight excluding hydrogens is 112 g/mol. The minimum absolute atomic E-state index is 1.01. The Morgan fingerprint density at radius 1 is 1.56 bits per heavy atom. The van der Waals surface area contributed by atoms with Gasteiger partial charge in [-0.15, -0.1) is 0 Å². The molecule has 0 saturated heterocycles. The van der Waals surface area contributed by atoms with Crippen molar-refractivity contribution in [3.05, 3.63) is 16.5 Å². The fourth-order valence-electron chi connectivity index (χ4n) is 1.13. The molecule has 0 unspecified atom stereocenters. The number of aryl methyl sites for hydroxylation is 1. The largest absolute Gasteiger partial charge is 0.342 e. The highest BCUT2D eigenvalue weighted by Gasteiger charge is 1.95. The van der Waals surface area contributed by atoms with Crippen LogP contribution in [0, 0.1) is 6.92 Å². The lowest BCUT2D eigenvalue weighted by Crippen LogP contribution is -2.19. The first-order valence-electron chi connectivity index (χ1n) is 3.09. The predicted octanol–water partition coefficient (Wildman–Crippen LogP) is -0.317. The van der Waals surface area contributed by atoms with E-state index in [9.17, 15) is 0 Å². The SMILES string of the molecule is Cc1nc2c([nH]1)=CCC=2. The highest BCUT2D eigenvalue weighted by molar-refractivity contribution is 5.42. The Balaban J connectivity index is 2.94. The minimum Gasteiger partial charge on any atom is -0.342 e. The van der Waals surface area contributed by atoms with Crippen molar-refractivity contribution in [2.45, 2.75) is 13.3 Å².